The van der Waals surface area contributed by atoms with Gasteiger partial charge in [0.1, 0.15) is 0 Å². The molecule has 20 valence electrons. The molecule has 0 aliphatic rings. The summed E-state index contributed by atoms with van der Waals surface area (Å²) in [5, 5.41) is 0. The van der Waals surface area contributed by atoms with Gasteiger partial charge in [0, 0.05) is 7.43 Å². The predicted octanol–water partition coefficient (Wildman–Crippen LogP) is 0.652. The molecular weight excluding hydrogens is 202 g/mol. The molecule has 0 aliphatic heterocycles. The van der Waals surface area contributed by atoms with E-state index in [2.05, 4.69) is 6.79 Å². The Morgan fingerprint density at radius 2 is 1.75 bits per heavy atom. The maximum atomic E-state index is 8.90. The first-order valence-electron chi connectivity index (χ1n) is 0.454. The molecule has 0 saturated carbocycles. The second-order valence-electron chi connectivity index (χ2n) is 0.0891. The zero-order valence-corrected chi connectivity index (χ0v) is 6.25. The van der Waals surface area contributed by atoms with Gasteiger partial charge < -0.3 is 0 Å². The van der Waals surface area contributed by atoms with Crippen LogP contribution < -0.4 is 0 Å². The molecule has 0 spiro atoms. The second kappa shape index (κ2) is 8.86. The molecule has 0 aliphatic carbocycles. The Balaban J connectivity index is 0. The fourth-order valence-electron chi connectivity index (χ4n) is 0. The fourth-order valence-corrected chi connectivity index (χ4v) is 0. The van der Waals surface area contributed by atoms with Crippen molar-refractivity contribution in [1.29, 1.82) is 0 Å². The minimum absolute atomic E-state index is 0. The quantitative estimate of drug-likeness (QED) is 0.564. The predicted molar refractivity (Wildman–Crippen MR) is 9.78 cm³/mol. The van der Waals surface area contributed by atoms with Crippen LogP contribution in [0.1, 0.15) is 0 Å². The van der Waals surface area contributed by atoms with Crippen LogP contribution in [0.4, 0.5) is 0 Å². The van der Waals surface area contributed by atoms with Gasteiger partial charge in [-0.2, -0.15) is 0 Å². The van der Waals surface area contributed by atoms with Crippen molar-refractivity contribution in [1.82, 2.24) is 0 Å². The molecule has 0 aromatic carbocycles. The third kappa shape index (κ3) is 10.4. The Morgan fingerprint density at radius 1 is 1.75 bits per heavy atom. The van der Waals surface area contributed by atoms with E-state index in [9.17, 15) is 0 Å². The molecule has 3 heteroatoms. The fraction of sp³-hybridized carbons (Fsp3) is 0. The van der Waals surface area contributed by atoms with Crippen LogP contribution in [0.3, 0.4) is 0 Å². The van der Waals surface area contributed by atoms with E-state index in [0.717, 1.165) is 0 Å². The van der Waals surface area contributed by atoms with Gasteiger partial charge in [0.15, 0.2) is 0 Å². The Morgan fingerprint density at radius 3 is 1.75 bits per heavy atom. The summed E-state index contributed by atoms with van der Waals surface area (Å²) >= 11 is -1.78. The van der Waals surface area contributed by atoms with Crippen molar-refractivity contribution >= 4 is 6.79 Å². The molecule has 0 bridgehead atoms. The molecule has 0 heterocycles. The van der Waals surface area contributed by atoms with Gasteiger partial charge in [-0.15, -0.1) is 0 Å². The summed E-state index contributed by atoms with van der Waals surface area (Å²) in [6, 6.07) is 0. The monoisotopic (exact) mass is 202 g/mol. The summed E-state index contributed by atoms with van der Waals surface area (Å²) in [5.41, 5.74) is 0. The van der Waals surface area contributed by atoms with Gasteiger partial charge in [-0.25, -0.2) is 0 Å². The second-order valence-corrected chi connectivity index (χ2v) is 1.95. The molecule has 0 amide bonds. The van der Waals surface area contributed by atoms with Crippen molar-refractivity contribution in [3.63, 3.8) is 0 Å². The van der Waals surface area contributed by atoms with E-state index in [1.165, 1.54) is 0 Å². The van der Waals surface area contributed by atoms with Crippen LogP contribution in [0.25, 0.3) is 0 Å². The van der Waals surface area contributed by atoms with Crippen molar-refractivity contribution in [3.05, 3.63) is 7.43 Å². The number of hydrogen-bond acceptors (Lipinski definition) is 1. The average molecular weight is 202 g/mol. The Hall–Kier alpha value is 1.28. The Kier molecular flexibility index (Phi) is 19.9. The van der Waals surface area contributed by atoms with E-state index < -0.39 is 30.5 Å². The van der Waals surface area contributed by atoms with E-state index in [0.29, 0.717) is 0 Å². The van der Waals surface area contributed by atoms with Crippen LogP contribution in [-0.2, 0) is 1.70 Å². The Labute approximate surface area is 46.0 Å². The van der Waals surface area contributed by atoms with Gasteiger partial charge in [-0.3, -0.25) is 0 Å². The van der Waals surface area contributed by atoms with E-state index in [1.54, 1.807) is 0 Å². The van der Waals surface area contributed by atoms with E-state index in [1.807, 2.05) is 0 Å². The van der Waals surface area contributed by atoms with Gasteiger partial charge in [-0.05, 0) is 0 Å². The summed E-state index contributed by atoms with van der Waals surface area (Å²) in [6.07, 6.45) is 0. The van der Waals surface area contributed by atoms with Crippen molar-refractivity contribution in [2.45, 2.75) is 0 Å². The zero-order valence-electron chi connectivity index (χ0n) is 1.86. The molecule has 4 heavy (non-hydrogen) atoms. The van der Waals surface area contributed by atoms with E-state index in [-0.39, 0.29) is 7.43 Å². The summed E-state index contributed by atoms with van der Waals surface area (Å²) in [7, 11) is 0. The molecule has 0 saturated heterocycles. The van der Waals surface area contributed by atoms with Gasteiger partial charge >= 0.3 is 39.0 Å². The topological polar surface area (TPSA) is 17.1 Å². The van der Waals surface area contributed by atoms with E-state index in [4.69, 9.17) is 1.70 Å². The SMILES string of the molecule is [C].[O]=[La][Cl]. The summed E-state index contributed by atoms with van der Waals surface area (Å²) in [6.45, 7) is 4.65. The normalized spacial score (nSPS) is 2.25. The molecule has 0 unspecified atom stereocenters. The first kappa shape index (κ1) is 8.99. The molecule has 0 aromatic heterocycles. The Bertz CT molecular complexity index is 15.5. The van der Waals surface area contributed by atoms with Crippen LogP contribution in [0.15, 0.2) is 0 Å². The molecular formula is CClLaO. The van der Waals surface area contributed by atoms with Crippen molar-refractivity contribution in [3.8, 4) is 0 Å². The first-order chi connectivity index (χ1) is 1.41. The first-order valence-corrected chi connectivity index (χ1v) is 6.48. The summed E-state index contributed by atoms with van der Waals surface area (Å²) in [5.74, 6) is 0. The summed E-state index contributed by atoms with van der Waals surface area (Å²) < 4.78 is 8.90. The van der Waals surface area contributed by atoms with Crippen LogP contribution >= 0.6 is 6.79 Å². The summed E-state index contributed by atoms with van der Waals surface area (Å²) in [4.78, 5) is 0. The van der Waals surface area contributed by atoms with Gasteiger partial charge in [0.05, 0.1) is 0 Å². The molecule has 0 aromatic rings. The molecule has 1 nitrogen and oxygen atoms in total. The van der Waals surface area contributed by atoms with Crippen LogP contribution in [0, 0.1) is 37.9 Å². The van der Waals surface area contributed by atoms with Gasteiger partial charge in [0.25, 0.3) is 0 Å². The van der Waals surface area contributed by atoms with Crippen LogP contribution in [-0.4, -0.2) is 0 Å². The van der Waals surface area contributed by atoms with Crippen LogP contribution in [0.2, 0.25) is 0 Å². The molecule has 0 rings (SSSR count). The third-order valence-electron chi connectivity index (χ3n) is 0. The maximum absolute atomic E-state index is 8.90. The average Bonchev–Trinajstić information content (AvgIpc) is 0.918. The third-order valence-corrected chi connectivity index (χ3v) is 0. The van der Waals surface area contributed by atoms with E-state index >= 15 is 0 Å². The van der Waals surface area contributed by atoms with Crippen molar-refractivity contribution in [2.24, 2.45) is 0 Å². The molecule has 4 radical (unpaired) electrons. The van der Waals surface area contributed by atoms with Crippen molar-refractivity contribution < 1.29 is 32.2 Å². The van der Waals surface area contributed by atoms with Gasteiger partial charge in [0.2, 0.25) is 0 Å². The van der Waals surface area contributed by atoms with Crippen LogP contribution in [0.5, 0.6) is 0 Å². The standard InChI is InChI=1S/C.ClH.La.O/h;1H;;/q;;+1;/p-1. The number of rotatable bonds is 0. The molecule has 0 fully saturated rings. The number of hydrogen-bond donors (Lipinski definition) is 0. The van der Waals surface area contributed by atoms with Crippen molar-refractivity contribution in [2.75, 3.05) is 0 Å². The number of halogens is 1. The zero-order chi connectivity index (χ0) is 2.71. The molecule has 0 N–H and O–H groups in total. The van der Waals surface area contributed by atoms with Gasteiger partial charge in [-0.1, -0.05) is 0 Å². The molecule has 0 atom stereocenters. The minimum atomic E-state index is -1.78.